The van der Waals surface area contributed by atoms with Crippen molar-refractivity contribution in [3.63, 3.8) is 0 Å². The van der Waals surface area contributed by atoms with Gasteiger partial charge in [0, 0.05) is 12.6 Å². The van der Waals surface area contributed by atoms with Crippen molar-refractivity contribution in [3.8, 4) is 11.3 Å². The summed E-state index contributed by atoms with van der Waals surface area (Å²) in [5.41, 5.74) is 0.0110. The SMILES string of the molecule is O=C(N[C@H]1CN2CCC1CC2)c1ccc(-c2cc(F)ccc2F)o1. The van der Waals surface area contributed by atoms with Gasteiger partial charge in [-0.25, -0.2) is 8.78 Å². The first-order valence-electron chi connectivity index (χ1n) is 8.18. The summed E-state index contributed by atoms with van der Waals surface area (Å²) in [5, 5.41) is 3.02. The van der Waals surface area contributed by atoms with Gasteiger partial charge in [-0.15, -0.1) is 0 Å². The number of carbonyl (C=O) groups is 1. The lowest BCUT2D eigenvalue weighted by Gasteiger charge is -2.44. The zero-order chi connectivity index (χ0) is 16.7. The zero-order valence-corrected chi connectivity index (χ0v) is 13.1. The molecule has 2 aromatic rings. The molecule has 1 atom stereocenters. The average molecular weight is 332 g/mol. The standard InChI is InChI=1S/C18H18F2N2O2/c19-12-1-2-14(20)13(9-12)16-3-4-17(24-16)18(23)21-15-10-22-7-5-11(15)6-8-22/h1-4,9,11,15H,5-8,10H2,(H,21,23)/t15-/m0/s1. The van der Waals surface area contributed by atoms with E-state index in [1.165, 1.54) is 12.1 Å². The lowest BCUT2D eigenvalue weighted by Crippen LogP contribution is -2.57. The van der Waals surface area contributed by atoms with Crippen molar-refractivity contribution in [2.24, 2.45) is 5.92 Å². The summed E-state index contributed by atoms with van der Waals surface area (Å²) in [5.74, 6) is -0.682. The highest BCUT2D eigenvalue weighted by atomic mass is 19.1. The smallest absolute Gasteiger partial charge is 0.287 e. The molecule has 126 valence electrons. The molecule has 4 heterocycles. The second kappa shape index (κ2) is 6.02. The van der Waals surface area contributed by atoms with Gasteiger partial charge in [0.1, 0.15) is 17.4 Å². The maximum absolute atomic E-state index is 13.8. The van der Waals surface area contributed by atoms with E-state index in [4.69, 9.17) is 4.42 Å². The highest BCUT2D eigenvalue weighted by molar-refractivity contribution is 5.92. The second-order valence-corrected chi connectivity index (χ2v) is 6.51. The Hall–Kier alpha value is -2.21. The van der Waals surface area contributed by atoms with Crippen LogP contribution in [0.4, 0.5) is 8.78 Å². The minimum absolute atomic E-state index is 0.0110. The van der Waals surface area contributed by atoms with Crippen LogP contribution in [0.3, 0.4) is 0 Å². The number of carbonyl (C=O) groups excluding carboxylic acids is 1. The number of halogens is 2. The van der Waals surface area contributed by atoms with Crippen molar-refractivity contribution in [2.45, 2.75) is 18.9 Å². The quantitative estimate of drug-likeness (QED) is 0.940. The van der Waals surface area contributed by atoms with Gasteiger partial charge in [0.25, 0.3) is 5.91 Å². The van der Waals surface area contributed by atoms with E-state index in [1.807, 2.05) is 0 Å². The first-order valence-corrected chi connectivity index (χ1v) is 8.18. The monoisotopic (exact) mass is 332 g/mol. The normalized spacial score (nSPS) is 25.7. The fourth-order valence-corrected chi connectivity index (χ4v) is 3.66. The van der Waals surface area contributed by atoms with Crippen LogP contribution in [0.2, 0.25) is 0 Å². The van der Waals surface area contributed by atoms with E-state index in [1.54, 1.807) is 0 Å². The van der Waals surface area contributed by atoms with Gasteiger partial charge in [-0.05, 0) is 62.2 Å². The Bertz CT molecular complexity index is 766. The Balaban J connectivity index is 1.50. The van der Waals surface area contributed by atoms with Crippen molar-refractivity contribution in [1.29, 1.82) is 0 Å². The Kier molecular flexibility index (Phi) is 3.84. The predicted octanol–water partition coefficient (Wildman–Crippen LogP) is 3.05. The molecule has 1 aromatic carbocycles. The number of rotatable bonds is 3. The molecule has 5 rings (SSSR count). The van der Waals surface area contributed by atoms with Crippen molar-refractivity contribution >= 4 is 5.91 Å². The number of benzene rings is 1. The number of hydrogen-bond donors (Lipinski definition) is 1. The number of nitrogens with one attached hydrogen (secondary N) is 1. The molecule has 1 aromatic heterocycles. The molecule has 3 saturated heterocycles. The molecule has 3 aliphatic heterocycles. The van der Waals surface area contributed by atoms with Gasteiger partial charge in [-0.1, -0.05) is 0 Å². The number of hydrogen-bond acceptors (Lipinski definition) is 3. The van der Waals surface area contributed by atoms with Crippen LogP contribution in [0.5, 0.6) is 0 Å². The number of furan rings is 1. The van der Waals surface area contributed by atoms with E-state index < -0.39 is 11.6 Å². The van der Waals surface area contributed by atoms with Gasteiger partial charge in [-0.3, -0.25) is 4.79 Å². The van der Waals surface area contributed by atoms with Crippen LogP contribution in [-0.4, -0.2) is 36.5 Å². The molecule has 2 bridgehead atoms. The molecule has 1 amide bonds. The Morgan fingerprint density at radius 2 is 1.96 bits per heavy atom. The second-order valence-electron chi connectivity index (χ2n) is 6.51. The zero-order valence-electron chi connectivity index (χ0n) is 13.1. The molecule has 0 radical (unpaired) electrons. The fraction of sp³-hybridized carbons (Fsp3) is 0.389. The van der Waals surface area contributed by atoms with Gasteiger partial charge in [-0.2, -0.15) is 0 Å². The Morgan fingerprint density at radius 1 is 1.17 bits per heavy atom. The summed E-state index contributed by atoms with van der Waals surface area (Å²) in [6, 6.07) is 6.26. The van der Waals surface area contributed by atoms with Gasteiger partial charge in [0.15, 0.2) is 5.76 Å². The maximum Gasteiger partial charge on any atom is 0.287 e. The molecule has 0 unspecified atom stereocenters. The summed E-state index contributed by atoms with van der Waals surface area (Å²) in [6.45, 7) is 3.06. The minimum Gasteiger partial charge on any atom is -0.451 e. The van der Waals surface area contributed by atoms with E-state index >= 15 is 0 Å². The van der Waals surface area contributed by atoms with Gasteiger partial charge < -0.3 is 14.6 Å². The first-order chi connectivity index (χ1) is 11.6. The topological polar surface area (TPSA) is 45.5 Å². The third-order valence-corrected chi connectivity index (χ3v) is 5.00. The summed E-state index contributed by atoms with van der Waals surface area (Å²) in [6.07, 6.45) is 2.20. The van der Waals surface area contributed by atoms with Gasteiger partial charge in [0.2, 0.25) is 0 Å². The van der Waals surface area contributed by atoms with E-state index in [2.05, 4.69) is 10.2 Å². The molecule has 1 N–H and O–H groups in total. The summed E-state index contributed by atoms with van der Waals surface area (Å²) >= 11 is 0. The Labute approximate surface area is 138 Å². The van der Waals surface area contributed by atoms with Crippen LogP contribution in [0.15, 0.2) is 34.7 Å². The van der Waals surface area contributed by atoms with Crippen molar-refractivity contribution in [1.82, 2.24) is 10.2 Å². The van der Waals surface area contributed by atoms with Crippen LogP contribution in [-0.2, 0) is 0 Å². The van der Waals surface area contributed by atoms with Gasteiger partial charge >= 0.3 is 0 Å². The number of amides is 1. The Morgan fingerprint density at radius 3 is 2.67 bits per heavy atom. The molecule has 4 nitrogen and oxygen atoms in total. The largest absolute Gasteiger partial charge is 0.451 e. The van der Waals surface area contributed by atoms with Crippen molar-refractivity contribution in [3.05, 3.63) is 47.7 Å². The summed E-state index contributed by atoms with van der Waals surface area (Å²) < 4.78 is 32.6. The summed E-state index contributed by atoms with van der Waals surface area (Å²) in [7, 11) is 0. The molecular formula is C18H18F2N2O2. The lowest BCUT2D eigenvalue weighted by atomic mass is 9.84. The summed E-state index contributed by atoms with van der Waals surface area (Å²) in [4.78, 5) is 14.7. The third-order valence-electron chi connectivity index (χ3n) is 5.00. The van der Waals surface area contributed by atoms with E-state index in [-0.39, 0.29) is 29.0 Å². The van der Waals surface area contributed by atoms with Crippen LogP contribution in [0.1, 0.15) is 23.4 Å². The van der Waals surface area contributed by atoms with Crippen LogP contribution in [0.25, 0.3) is 11.3 Å². The van der Waals surface area contributed by atoms with Crippen LogP contribution >= 0.6 is 0 Å². The van der Waals surface area contributed by atoms with Crippen LogP contribution < -0.4 is 5.32 Å². The molecule has 0 aliphatic carbocycles. The minimum atomic E-state index is -0.588. The molecule has 24 heavy (non-hydrogen) atoms. The van der Waals surface area contributed by atoms with Gasteiger partial charge in [0.05, 0.1) is 5.56 Å². The molecule has 6 heteroatoms. The predicted molar refractivity (Wildman–Crippen MR) is 84.5 cm³/mol. The average Bonchev–Trinajstić information content (AvgIpc) is 3.08. The van der Waals surface area contributed by atoms with Crippen LogP contribution in [0, 0.1) is 17.6 Å². The number of fused-ring (bicyclic) bond motifs is 3. The van der Waals surface area contributed by atoms with Crippen molar-refractivity contribution < 1.29 is 18.0 Å². The van der Waals surface area contributed by atoms with E-state index in [0.29, 0.717) is 5.92 Å². The highest BCUT2D eigenvalue weighted by Crippen LogP contribution is 2.29. The maximum atomic E-state index is 13.8. The van der Waals surface area contributed by atoms with E-state index in [0.717, 1.165) is 50.7 Å². The van der Waals surface area contributed by atoms with Crippen molar-refractivity contribution in [2.75, 3.05) is 19.6 Å². The molecule has 3 aliphatic rings. The molecule has 3 fully saturated rings. The third kappa shape index (κ3) is 2.82. The fourth-order valence-electron chi connectivity index (χ4n) is 3.66. The first kappa shape index (κ1) is 15.3. The van der Waals surface area contributed by atoms with E-state index in [9.17, 15) is 13.6 Å². The lowest BCUT2D eigenvalue weighted by molar-refractivity contribution is 0.0606. The molecular weight excluding hydrogens is 314 g/mol. The molecule has 0 saturated carbocycles. The number of piperidine rings is 3. The molecule has 0 spiro atoms. The highest BCUT2D eigenvalue weighted by Gasteiger charge is 2.35. The number of nitrogens with zero attached hydrogens (tertiary/aromatic N) is 1.